The van der Waals surface area contributed by atoms with E-state index in [9.17, 15) is 9.59 Å². The van der Waals surface area contributed by atoms with Crippen molar-refractivity contribution in [1.82, 2.24) is 19.8 Å². The first-order valence-corrected chi connectivity index (χ1v) is 12.6. The lowest BCUT2D eigenvalue weighted by Crippen LogP contribution is -2.65. The Labute approximate surface area is 211 Å². The van der Waals surface area contributed by atoms with Gasteiger partial charge in [0, 0.05) is 17.6 Å². The number of ether oxygens (including phenoxy) is 2. The van der Waals surface area contributed by atoms with E-state index in [1.54, 1.807) is 25.3 Å². The molecule has 0 bridgehead atoms. The van der Waals surface area contributed by atoms with E-state index in [2.05, 4.69) is 17.2 Å². The van der Waals surface area contributed by atoms with Crippen molar-refractivity contribution in [2.24, 2.45) is 5.92 Å². The van der Waals surface area contributed by atoms with Gasteiger partial charge < -0.3 is 24.3 Å². The highest BCUT2D eigenvalue weighted by atomic mass is 16.5. The second-order valence-corrected chi connectivity index (χ2v) is 10.2. The zero-order valence-electron chi connectivity index (χ0n) is 21.4. The number of aromatic nitrogens is 2. The molecular formula is C28H34N4O4. The highest BCUT2D eigenvalue weighted by Crippen LogP contribution is 2.40. The number of benzene rings is 1. The third-order valence-electron chi connectivity index (χ3n) is 7.91. The van der Waals surface area contributed by atoms with E-state index in [4.69, 9.17) is 9.47 Å². The molecule has 0 radical (unpaired) electrons. The summed E-state index contributed by atoms with van der Waals surface area (Å²) >= 11 is 0. The van der Waals surface area contributed by atoms with Crippen LogP contribution in [0.3, 0.4) is 0 Å². The molecule has 1 aliphatic carbocycles. The first-order chi connectivity index (χ1) is 17.4. The number of amides is 2. The number of hydrogen-bond acceptors (Lipinski definition) is 5. The van der Waals surface area contributed by atoms with Gasteiger partial charge in [-0.05, 0) is 56.0 Å². The maximum Gasteiger partial charge on any atom is 0.271 e. The maximum atomic E-state index is 14.1. The molecule has 0 unspecified atom stereocenters. The van der Waals surface area contributed by atoms with Gasteiger partial charge in [0.1, 0.15) is 22.7 Å². The highest BCUT2D eigenvalue weighted by Gasteiger charge is 2.49. The molecule has 1 N–H and O–H groups in total. The third-order valence-corrected chi connectivity index (χ3v) is 7.91. The van der Waals surface area contributed by atoms with Crippen LogP contribution in [0.5, 0.6) is 11.5 Å². The fraction of sp³-hybridized carbons (Fsp3) is 0.464. The lowest BCUT2D eigenvalue weighted by molar-refractivity contribution is -0.134. The molecule has 190 valence electrons. The second kappa shape index (κ2) is 9.48. The molecule has 1 aliphatic heterocycles. The zero-order valence-corrected chi connectivity index (χ0v) is 21.4. The Morgan fingerprint density at radius 1 is 1.14 bits per heavy atom. The van der Waals surface area contributed by atoms with Crippen LogP contribution in [-0.2, 0) is 17.9 Å². The summed E-state index contributed by atoms with van der Waals surface area (Å²) in [7, 11) is 3.21. The van der Waals surface area contributed by atoms with Gasteiger partial charge in [-0.15, -0.1) is 0 Å². The van der Waals surface area contributed by atoms with Gasteiger partial charge in [0.05, 0.1) is 38.5 Å². The van der Waals surface area contributed by atoms with Gasteiger partial charge in [0.25, 0.3) is 5.91 Å². The maximum absolute atomic E-state index is 14.1. The minimum atomic E-state index is -1.13. The van der Waals surface area contributed by atoms with Gasteiger partial charge in [-0.25, -0.2) is 0 Å². The molecule has 1 saturated carbocycles. The molecule has 2 aromatic heterocycles. The minimum Gasteiger partial charge on any atom is -0.496 e. The molecule has 2 amide bonds. The Kier molecular flexibility index (Phi) is 6.36. The molecule has 0 saturated heterocycles. The van der Waals surface area contributed by atoms with Crippen molar-refractivity contribution >= 4 is 22.7 Å². The topological polar surface area (TPSA) is 85.7 Å². The normalized spacial score (nSPS) is 23.9. The monoisotopic (exact) mass is 490 g/mol. The van der Waals surface area contributed by atoms with E-state index in [-0.39, 0.29) is 24.4 Å². The number of hydrogen-bond donors (Lipinski definition) is 1. The fourth-order valence-electron chi connectivity index (χ4n) is 5.71. The van der Waals surface area contributed by atoms with Crippen LogP contribution in [0.4, 0.5) is 0 Å². The SMILES string of the molecule is COc1ccc(OC)c2c1cc1n2C[C@](C)(C(=O)N[C@@H]2CCCC[C@H]2C)N(Cc2ccccn2)C1=O. The number of nitrogens with zero attached hydrogens (tertiary/aromatic N) is 3. The van der Waals surface area contributed by atoms with Crippen LogP contribution in [0, 0.1) is 5.92 Å². The molecule has 1 aromatic carbocycles. The van der Waals surface area contributed by atoms with Crippen molar-refractivity contribution in [3.63, 3.8) is 0 Å². The van der Waals surface area contributed by atoms with Gasteiger partial charge in [0.2, 0.25) is 5.91 Å². The summed E-state index contributed by atoms with van der Waals surface area (Å²) in [5.41, 5.74) is 0.858. The van der Waals surface area contributed by atoms with E-state index in [0.717, 1.165) is 35.9 Å². The number of methoxy groups -OCH3 is 2. The summed E-state index contributed by atoms with van der Waals surface area (Å²) in [6.07, 6.45) is 6.06. The van der Waals surface area contributed by atoms with Crippen molar-refractivity contribution in [2.75, 3.05) is 14.2 Å². The van der Waals surface area contributed by atoms with Gasteiger partial charge in [-0.1, -0.05) is 25.8 Å². The molecule has 3 heterocycles. The lowest BCUT2D eigenvalue weighted by atomic mass is 9.85. The van der Waals surface area contributed by atoms with E-state index in [0.29, 0.717) is 29.7 Å². The lowest BCUT2D eigenvalue weighted by Gasteiger charge is -2.45. The number of rotatable bonds is 6. The molecule has 36 heavy (non-hydrogen) atoms. The highest BCUT2D eigenvalue weighted by molar-refractivity contribution is 6.05. The molecule has 3 atom stereocenters. The Morgan fingerprint density at radius 3 is 2.58 bits per heavy atom. The average Bonchev–Trinajstić information content (AvgIpc) is 3.27. The fourth-order valence-corrected chi connectivity index (χ4v) is 5.71. The van der Waals surface area contributed by atoms with Crippen LogP contribution >= 0.6 is 0 Å². The summed E-state index contributed by atoms with van der Waals surface area (Å²) in [4.78, 5) is 34.2. The first kappa shape index (κ1) is 24.2. The molecule has 1 fully saturated rings. The van der Waals surface area contributed by atoms with Crippen LogP contribution < -0.4 is 14.8 Å². The number of carbonyl (C=O) groups excluding carboxylic acids is 2. The quantitative estimate of drug-likeness (QED) is 0.561. The third kappa shape index (κ3) is 3.98. The average molecular weight is 491 g/mol. The number of pyridine rings is 1. The number of fused-ring (bicyclic) bond motifs is 3. The second-order valence-electron chi connectivity index (χ2n) is 10.2. The summed E-state index contributed by atoms with van der Waals surface area (Å²) in [6.45, 7) is 4.58. The predicted molar refractivity (Wildman–Crippen MR) is 137 cm³/mol. The van der Waals surface area contributed by atoms with Crippen molar-refractivity contribution in [1.29, 1.82) is 0 Å². The minimum absolute atomic E-state index is 0.104. The molecule has 8 heteroatoms. The van der Waals surface area contributed by atoms with Crippen LogP contribution in [0.25, 0.3) is 10.9 Å². The Bertz CT molecular complexity index is 1290. The summed E-state index contributed by atoms with van der Waals surface area (Å²) in [6, 6.07) is 11.2. The molecule has 3 aromatic rings. The van der Waals surface area contributed by atoms with Crippen LogP contribution in [0.2, 0.25) is 0 Å². The molecule has 2 aliphatic rings. The van der Waals surface area contributed by atoms with Gasteiger partial charge in [0.15, 0.2) is 0 Å². The van der Waals surface area contributed by atoms with E-state index in [1.807, 2.05) is 47.9 Å². The molecule has 0 spiro atoms. The Morgan fingerprint density at radius 2 is 1.89 bits per heavy atom. The van der Waals surface area contributed by atoms with Crippen molar-refractivity contribution in [3.8, 4) is 11.5 Å². The Balaban J connectivity index is 1.62. The van der Waals surface area contributed by atoms with Crippen LogP contribution in [0.15, 0.2) is 42.6 Å². The van der Waals surface area contributed by atoms with Gasteiger partial charge >= 0.3 is 0 Å². The van der Waals surface area contributed by atoms with Crippen molar-refractivity contribution in [2.45, 2.75) is 64.2 Å². The summed E-state index contributed by atoms with van der Waals surface area (Å²) in [5, 5.41) is 4.10. The zero-order chi connectivity index (χ0) is 25.4. The van der Waals surface area contributed by atoms with Crippen molar-refractivity contribution in [3.05, 3.63) is 54.0 Å². The van der Waals surface area contributed by atoms with Crippen molar-refractivity contribution < 1.29 is 19.1 Å². The van der Waals surface area contributed by atoms with E-state index >= 15 is 0 Å². The van der Waals surface area contributed by atoms with E-state index < -0.39 is 5.54 Å². The largest absolute Gasteiger partial charge is 0.496 e. The molecular weight excluding hydrogens is 456 g/mol. The number of carbonyl (C=O) groups is 2. The standard InChI is InChI=1S/C28H34N4O4/c1-18-9-5-6-11-21(18)30-27(34)28(2)17-31-22(26(33)32(28)16-19-10-7-8-14-29-19)15-20-23(35-3)12-13-24(36-4)25(20)31/h7-8,10,12-15,18,21H,5-6,9,11,16-17H2,1-4H3,(H,30,34)/t18-,21-,28-/m1/s1. The summed E-state index contributed by atoms with van der Waals surface area (Å²) < 4.78 is 13.2. The Hall–Kier alpha value is -3.55. The van der Waals surface area contributed by atoms with Gasteiger partial charge in [-0.2, -0.15) is 0 Å². The van der Waals surface area contributed by atoms with E-state index in [1.165, 1.54) is 6.42 Å². The molecule has 8 nitrogen and oxygen atoms in total. The smallest absolute Gasteiger partial charge is 0.271 e. The molecule has 5 rings (SSSR count). The van der Waals surface area contributed by atoms with Gasteiger partial charge in [-0.3, -0.25) is 14.6 Å². The summed E-state index contributed by atoms with van der Waals surface area (Å²) in [5.74, 6) is 1.33. The van der Waals surface area contributed by atoms with Crippen LogP contribution in [0.1, 0.15) is 55.7 Å². The van der Waals surface area contributed by atoms with Crippen LogP contribution in [-0.4, -0.2) is 52.1 Å². The predicted octanol–water partition coefficient (Wildman–Crippen LogP) is 4.16. The number of nitrogens with one attached hydrogen (secondary N) is 1. The first-order valence-electron chi connectivity index (χ1n) is 12.6.